The zero-order chi connectivity index (χ0) is 32.6. The minimum Gasteiger partial charge on any atom is -0.459 e. The van der Waals surface area contributed by atoms with Crippen LogP contribution < -0.4 is 16.4 Å². The fraction of sp³-hybridized carbons (Fsp3) is 0.481. The van der Waals surface area contributed by atoms with E-state index in [2.05, 4.69) is 25.6 Å². The van der Waals surface area contributed by atoms with Gasteiger partial charge >= 0.3 is 28.2 Å². The molecule has 0 radical (unpaired) electrons. The molecule has 6 rings (SSSR count). The number of aromatic nitrogens is 4. The Bertz CT molecular complexity index is 1740. The van der Waals surface area contributed by atoms with Crippen molar-refractivity contribution in [1.82, 2.24) is 30.2 Å². The van der Waals surface area contributed by atoms with Crippen molar-refractivity contribution in [2.24, 2.45) is 0 Å². The fourth-order valence-electron chi connectivity index (χ4n) is 5.75. The number of fused-ring (bicyclic) bond motifs is 2. The number of rotatable bonds is 11. The van der Waals surface area contributed by atoms with Crippen molar-refractivity contribution >= 4 is 56.9 Å². The number of thioether (sulfide) groups is 1. The number of benzene rings is 1. The molecule has 2 aromatic heterocycles. The lowest BCUT2D eigenvalue weighted by atomic mass is 10.0. The van der Waals surface area contributed by atoms with E-state index in [1.807, 2.05) is 0 Å². The molecule has 1 aromatic carbocycles. The predicted octanol–water partition coefficient (Wildman–Crippen LogP) is 0.820. The van der Waals surface area contributed by atoms with Crippen LogP contribution in [0, 0.1) is 0 Å². The second kappa shape index (κ2) is 13.0. The average Bonchev–Trinajstić information content (AvgIpc) is 3.78. The van der Waals surface area contributed by atoms with Gasteiger partial charge in [0, 0.05) is 17.4 Å². The van der Waals surface area contributed by atoms with Crippen LogP contribution in [0.3, 0.4) is 0 Å². The monoisotopic (exact) mass is 679 g/mol. The van der Waals surface area contributed by atoms with E-state index in [9.17, 15) is 31.8 Å². The van der Waals surface area contributed by atoms with E-state index in [-0.39, 0.29) is 52.3 Å². The van der Waals surface area contributed by atoms with Gasteiger partial charge in [-0.15, -0.1) is 3.89 Å². The molecule has 16 nitrogen and oxygen atoms in total. The van der Waals surface area contributed by atoms with Gasteiger partial charge in [0.05, 0.1) is 28.9 Å². The molecular formula is C27H30FN7O9S2. The van der Waals surface area contributed by atoms with Crippen LogP contribution in [0.5, 0.6) is 0 Å². The van der Waals surface area contributed by atoms with Crippen LogP contribution in [-0.2, 0) is 29.2 Å². The molecule has 5 N–H and O–H groups in total. The lowest BCUT2D eigenvalue weighted by Crippen LogP contribution is -2.38. The highest BCUT2D eigenvalue weighted by Crippen LogP contribution is 2.35. The van der Waals surface area contributed by atoms with E-state index in [4.69, 9.17) is 19.9 Å². The number of nitrogens with zero attached hydrogens (tertiary/aromatic N) is 4. The van der Waals surface area contributed by atoms with Crippen molar-refractivity contribution in [2.45, 2.75) is 72.5 Å². The lowest BCUT2D eigenvalue weighted by Gasteiger charge is -2.21. The van der Waals surface area contributed by atoms with Crippen LogP contribution in [0.4, 0.5) is 14.5 Å². The normalized spacial score (nSPS) is 27.3. The topological polar surface area (TPSA) is 227 Å². The highest BCUT2D eigenvalue weighted by Gasteiger charge is 2.48. The molecule has 5 heterocycles. The number of imidazole rings is 1. The number of nitrogen functional groups attached to an aromatic ring is 1. The lowest BCUT2D eigenvalue weighted by molar-refractivity contribution is -0.156. The van der Waals surface area contributed by atoms with Crippen molar-refractivity contribution in [3.63, 3.8) is 0 Å². The third-order valence-electron chi connectivity index (χ3n) is 8.05. The molecule has 2 amide bonds. The van der Waals surface area contributed by atoms with Crippen molar-refractivity contribution < 1.29 is 46.0 Å². The van der Waals surface area contributed by atoms with Crippen LogP contribution in [0.15, 0.2) is 41.8 Å². The molecule has 0 saturated carbocycles. The third-order valence-corrected chi connectivity index (χ3v) is 10.4. The van der Waals surface area contributed by atoms with E-state index in [1.165, 1.54) is 17.2 Å². The van der Waals surface area contributed by atoms with E-state index in [1.54, 1.807) is 11.8 Å². The molecule has 3 saturated heterocycles. The highest BCUT2D eigenvalue weighted by atomic mass is 32.3. The third kappa shape index (κ3) is 6.58. The molecule has 0 unspecified atom stereocenters. The van der Waals surface area contributed by atoms with Crippen LogP contribution in [0.1, 0.15) is 42.3 Å². The summed E-state index contributed by atoms with van der Waals surface area (Å²) in [7, 11) is -4.95. The summed E-state index contributed by atoms with van der Waals surface area (Å²) in [5.74, 6) is -0.543. The van der Waals surface area contributed by atoms with E-state index >= 15 is 0 Å². The summed E-state index contributed by atoms with van der Waals surface area (Å²) in [6.07, 6.45) is -0.338. The standard InChI is InChI=1S/C27H30FN7O9S2/c28-46(40,41)14-7-5-13(6-8-14)26(38)42-9-16-22(21(37)25(43-16)35-12-32-20-23(29)30-11-31-24(20)35)44-18(36)4-2-1-3-17-19-15(10-45-17)33-27(39)34-19/h5-8,11-12,15-17,19,21-22,25,37H,1-4,9-10H2,(H2,29,30,31)(H2,33,34,39)/t15-,16+,17-,19-,21+,22+,25+/m0/s1. The van der Waals surface area contributed by atoms with Gasteiger partial charge < -0.3 is 35.7 Å². The summed E-state index contributed by atoms with van der Waals surface area (Å²) in [4.78, 5) is 48.9. The van der Waals surface area contributed by atoms with Crippen LogP contribution in [0.25, 0.3) is 11.2 Å². The number of urea groups is 1. The molecule has 3 aromatic rings. The zero-order valence-electron chi connectivity index (χ0n) is 24.0. The Labute approximate surface area is 265 Å². The first kappa shape index (κ1) is 31.9. The summed E-state index contributed by atoms with van der Waals surface area (Å²) < 4.78 is 53.8. The summed E-state index contributed by atoms with van der Waals surface area (Å²) in [5, 5.41) is 17.4. The Kier molecular flexibility index (Phi) is 8.99. The second-order valence-electron chi connectivity index (χ2n) is 11.0. The molecule has 0 bridgehead atoms. The number of nitrogens with one attached hydrogen (secondary N) is 2. The van der Waals surface area contributed by atoms with Gasteiger partial charge in [0.2, 0.25) is 0 Å². The Balaban J connectivity index is 1.10. The Morgan fingerprint density at radius 3 is 2.72 bits per heavy atom. The SMILES string of the molecule is Nc1ncnc2c1ncn2[C@@H]1O[C@H](COC(=O)c2ccc(S(=O)(=O)F)cc2)[C@@H](OC(=O)CCCC[C@@H]2SC[C@@H]3NC(=O)N[C@@H]32)[C@H]1O. The molecule has 0 spiro atoms. The van der Waals surface area contributed by atoms with Gasteiger partial charge in [0.1, 0.15) is 30.7 Å². The molecule has 0 aliphatic carbocycles. The van der Waals surface area contributed by atoms with Gasteiger partial charge in [-0.25, -0.2) is 24.5 Å². The number of esters is 2. The number of hydrogen-bond donors (Lipinski definition) is 4. The van der Waals surface area contributed by atoms with Crippen molar-refractivity contribution in [3.05, 3.63) is 42.5 Å². The molecule has 19 heteroatoms. The van der Waals surface area contributed by atoms with Crippen molar-refractivity contribution in [1.29, 1.82) is 0 Å². The van der Waals surface area contributed by atoms with Gasteiger partial charge in [-0.3, -0.25) is 9.36 Å². The largest absolute Gasteiger partial charge is 0.459 e. The first-order valence-electron chi connectivity index (χ1n) is 14.4. The molecule has 7 atom stereocenters. The Morgan fingerprint density at radius 2 is 1.96 bits per heavy atom. The number of aliphatic hydroxyl groups is 1. The molecule has 3 aliphatic rings. The smallest absolute Gasteiger partial charge is 0.338 e. The van der Waals surface area contributed by atoms with Gasteiger partial charge in [0.25, 0.3) is 0 Å². The maximum Gasteiger partial charge on any atom is 0.338 e. The van der Waals surface area contributed by atoms with E-state index in [0.29, 0.717) is 12.8 Å². The van der Waals surface area contributed by atoms with Crippen molar-refractivity contribution in [2.75, 3.05) is 18.1 Å². The summed E-state index contributed by atoms with van der Waals surface area (Å²) in [5.41, 5.74) is 6.34. The van der Waals surface area contributed by atoms with Gasteiger partial charge in [-0.1, -0.05) is 6.42 Å². The number of aliphatic hydroxyl groups excluding tert-OH is 1. The van der Waals surface area contributed by atoms with Crippen LogP contribution >= 0.6 is 11.8 Å². The maximum absolute atomic E-state index is 13.2. The number of carbonyl (C=O) groups is 3. The number of nitrogens with two attached hydrogens (primary N) is 1. The Morgan fingerprint density at radius 1 is 1.17 bits per heavy atom. The predicted molar refractivity (Wildman–Crippen MR) is 159 cm³/mol. The summed E-state index contributed by atoms with van der Waals surface area (Å²) in [6, 6.07) is 4.02. The summed E-state index contributed by atoms with van der Waals surface area (Å²) in [6.45, 7) is -0.460. The minimum absolute atomic E-state index is 0.0536. The second-order valence-corrected chi connectivity index (χ2v) is 13.6. The van der Waals surface area contributed by atoms with E-state index in [0.717, 1.165) is 36.4 Å². The molecule has 46 heavy (non-hydrogen) atoms. The quantitative estimate of drug-likeness (QED) is 0.0953. The number of anilines is 1. The van der Waals surface area contributed by atoms with Gasteiger partial charge in [-0.05, 0) is 37.1 Å². The number of amides is 2. The van der Waals surface area contributed by atoms with Gasteiger partial charge in [0.15, 0.2) is 23.8 Å². The number of halogens is 1. The minimum atomic E-state index is -4.95. The molecule has 3 aliphatic heterocycles. The first-order valence-corrected chi connectivity index (χ1v) is 16.8. The molecule has 246 valence electrons. The number of hydrogen-bond acceptors (Lipinski definition) is 14. The van der Waals surface area contributed by atoms with Crippen molar-refractivity contribution in [3.8, 4) is 0 Å². The fourth-order valence-corrected chi connectivity index (χ4v) is 7.75. The number of ether oxygens (including phenoxy) is 3. The number of carbonyl (C=O) groups excluding carboxylic acids is 3. The zero-order valence-corrected chi connectivity index (χ0v) is 25.7. The highest BCUT2D eigenvalue weighted by molar-refractivity contribution is 8.00. The van der Waals surface area contributed by atoms with Crippen LogP contribution in [0.2, 0.25) is 0 Å². The van der Waals surface area contributed by atoms with Gasteiger partial charge in [-0.2, -0.15) is 20.2 Å². The van der Waals surface area contributed by atoms with Crippen LogP contribution in [-0.4, -0.2) is 99.0 Å². The van der Waals surface area contributed by atoms with E-state index < -0.39 is 58.2 Å². The first-order chi connectivity index (χ1) is 22.0. The maximum atomic E-state index is 13.2. The molecular weight excluding hydrogens is 649 g/mol. The average molecular weight is 680 g/mol. The molecule has 3 fully saturated rings. The summed E-state index contributed by atoms with van der Waals surface area (Å²) >= 11 is 1.78. The Hall–Kier alpha value is -4.07. The number of unbranched alkanes of at least 4 members (excludes halogenated alkanes) is 1.